The molecular weight excluding hydrogens is 298 g/mol. The quantitative estimate of drug-likeness (QED) is 0.682. The van der Waals surface area contributed by atoms with E-state index in [4.69, 9.17) is 11.6 Å². The number of nitrogens with one attached hydrogen (secondary N) is 1. The van der Waals surface area contributed by atoms with Gasteiger partial charge in [0.1, 0.15) is 0 Å². The maximum absolute atomic E-state index is 5.99. The third-order valence-electron chi connectivity index (χ3n) is 3.64. The molecule has 3 heteroatoms. The van der Waals surface area contributed by atoms with Crippen LogP contribution in [0.5, 0.6) is 0 Å². The van der Waals surface area contributed by atoms with Gasteiger partial charge >= 0.3 is 0 Å². The van der Waals surface area contributed by atoms with Crippen LogP contribution in [-0.2, 0) is 6.42 Å². The molecule has 0 aliphatic rings. The zero-order chi connectivity index (χ0) is 15.2. The van der Waals surface area contributed by atoms with Gasteiger partial charge < -0.3 is 5.32 Å². The molecule has 2 aromatic rings. The smallest absolute Gasteiger partial charge is 0.0406 e. The lowest BCUT2D eigenvalue weighted by molar-refractivity contribution is 0.430. The second-order valence-electron chi connectivity index (χ2n) is 5.68. The summed E-state index contributed by atoms with van der Waals surface area (Å²) < 4.78 is 0. The lowest BCUT2D eigenvalue weighted by Gasteiger charge is -2.23. The monoisotopic (exact) mass is 321 g/mol. The summed E-state index contributed by atoms with van der Waals surface area (Å²) in [5.41, 5.74) is 1.33. The molecule has 2 atom stereocenters. The number of rotatable bonds is 7. The summed E-state index contributed by atoms with van der Waals surface area (Å²) in [6.45, 7) is 6.67. The Bertz CT molecular complexity index is 547. The number of thiophene rings is 1. The van der Waals surface area contributed by atoms with Crippen LogP contribution in [0.1, 0.15) is 48.0 Å². The lowest BCUT2D eigenvalue weighted by Crippen LogP contribution is -2.32. The average Bonchev–Trinajstić information content (AvgIpc) is 2.84. The Morgan fingerprint density at radius 2 is 1.86 bits per heavy atom. The van der Waals surface area contributed by atoms with Crippen molar-refractivity contribution in [3.05, 3.63) is 56.7 Å². The highest BCUT2D eigenvalue weighted by Crippen LogP contribution is 2.23. The first kappa shape index (κ1) is 16.5. The summed E-state index contributed by atoms with van der Waals surface area (Å²) in [5.74, 6) is 0. The molecule has 2 unspecified atom stereocenters. The minimum absolute atomic E-state index is 0.406. The van der Waals surface area contributed by atoms with Gasteiger partial charge in [0.15, 0.2) is 0 Å². The molecule has 0 spiro atoms. The van der Waals surface area contributed by atoms with Crippen molar-refractivity contribution in [1.82, 2.24) is 5.32 Å². The molecule has 1 aromatic heterocycles. The summed E-state index contributed by atoms with van der Waals surface area (Å²) in [6.07, 6.45) is 3.41. The maximum atomic E-state index is 5.99. The van der Waals surface area contributed by atoms with Crippen molar-refractivity contribution in [3.8, 4) is 0 Å². The molecule has 0 saturated heterocycles. The molecule has 0 saturated carbocycles. The third-order valence-corrected chi connectivity index (χ3v) is 4.91. The molecule has 1 nitrogen and oxygen atoms in total. The van der Waals surface area contributed by atoms with E-state index in [-0.39, 0.29) is 0 Å². The standard InChI is InChI=1S/C18H24ClNS/c1-4-5-18(15-7-9-16(19)10-8-15)20-13(2)12-17-11-6-14(3)21-17/h6-11,13,18,20H,4-5,12H2,1-3H3. The molecule has 0 fully saturated rings. The van der Waals surface area contributed by atoms with Crippen LogP contribution in [0.2, 0.25) is 5.02 Å². The van der Waals surface area contributed by atoms with E-state index in [1.54, 1.807) is 0 Å². The second kappa shape index (κ2) is 7.98. The minimum Gasteiger partial charge on any atom is -0.307 e. The summed E-state index contributed by atoms with van der Waals surface area (Å²) in [4.78, 5) is 2.85. The maximum Gasteiger partial charge on any atom is 0.0406 e. The van der Waals surface area contributed by atoms with Gasteiger partial charge in [-0.2, -0.15) is 0 Å². The Labute approximate surface area is 137 Å². The van der Waals surface area contributed by atoms with Gasteiger partial charge in [-0.3, -0.25) is 0 Å². The SMILES string of the molecule is CCCC(NC(C)Cc1ccc(C)s1)c1ccc(Cl)cc1. The van der Waals surface area contributed by atoms with Crippen molar-refractivity contribution in [2.45, 2.75) is 52.1 Å². The van der Waals surface area contributed by atoms with Crippen molar-refractivity contribution >= 4 is 22.9 Å². The molecule has 0 bridgehead atoms. The fraction of sp³-hybridized carbons (Fsp3) is 0.444. The van der Waals surface area contributed by atoms with Crippen LogP contribution in [0.15, 0.2) is 36.4 Å². The topological polar surface area (TPSA) is 12.0 Å². The van der Waals surface area contributed by atoms with Crippen molar-refractivity contribution in [1.29, 1.82) is 0 Å². The normalized spacial score (nSPS) is 14.1. The van der Waals surface area contributed by atoms with Crippen LogP contribution in [0.4, 0.5) is 0 Å². The molecule has 114 valence electrons. The van der Waals surface area contributed by atoms with Gasteiger partial charge in [0.05, 0.1) is 0 Å². The van der Waals surface area contributed by atoms with Crippen LogP contribution in [0.3, 0.4) is 0 Å². The highest BCUT2D eigenvalue weighted by molar-refractivity contribution is 7.11. The van der Waals surface area contributed by atoms with E-state index in [0.717, 1.165) is 17.9 Å². The fourth-order valence-corrected chi connectivity index (χ4v) is 3.77. The second-order valence-corrected chi connectivity index (χ2v) is 7.49. The highest BCUT2D eigenvalue weighted by atomic mass is 35.5. The average molecular weight is 322 g/mol. The van der Waals surface area contributed by atoms with Gasteiger partial charge in [-0.25, -0.2) is 0 Å². The van der Waals surface area contributed by atoms with Gasteiger partial charge in [-0.05, 0) is 56.5 Å². The number of hydrogen-bond acceptors (Lipinski definition) is 2. The van der Waals surface area contributed by atoms with Crippen LogP contribution in [0.25, 0.3) is 0 Å². The zero-order valence-corrected chi connectivity index (χ0v) is 14.6. The summed E-state index contributed by atoms with van der Waals surface area (Å²) in [6, 6.07) is 13.6. The molecule has 1 aromatic carbocycles. The Kier molecular flexibility index (Phi) is 6.28. The third kappa shape index (κ3) is 5.14. The van der Waals surface area contributed by atoms with E-state index in [9.17, 15) is 0 Å². The first-order valence-corrected chi connectivity index (χ1v) is 8.84. The van der Waals surface area contributed by atoms with Crippen molar-refractivity contribution in [3.63, 3.8) is 0 Å². The van der Waals surface area contributed by atoms with E-state index in [0.29, 0.717) is 12.1 Å². The van der Waals surface area contributed by atoms with E-state index < -0.39 is 0 Å². The number of benzene rings is 1. The Hall–Kier alpha value is -0.830. The van der Waals surface area contributed by atoms with Gasteiger partial charge in [-0.1, -0.05) is 37.1 Å². The predicted molar refractivity (Wildman–Crippen MR) is 94.5 cm³/mol. The fourth-order valence-electron chi connectivity index (χ4n) is 2.63. The van der Waals surface area contributed by atoms with Gasteiger partial charge in [-0.15, -0.1) is 11.3 Å². The number of hydrogen-bond donors (Lipinski definition) is 1. The lowest BCUT2D eigenvalue weighted by atomic mass is 10.0. The van der Waals surface area contributed by atoms with Gasteiger partial charge in [0.2, 0.25) is 0 Å². The molecule has 1 N–H and O–H groups in total. The van der Waals surface area contributed by atoms with Crippen molar-refractivity contribution in [2.75, 3.05) is 0 Å². The van der Waals surface area contributed by atoms with E-state index >= 15 is 0 Å². The molecule has 0 aliphatic heterocycles. The Morgan fingerprint density at radius 1 is 1.14 bits per heavy atom. The molecule has 1 heterocycles. The molecular formula is C18H24ClNS. The largest absolute Gasteiger partial charge is 0.307 e. The van der Waals surface area contributed by atoms with Crippen LogP contribution < -0.4 is 5.32 Å². The van der Waals surface area contributed by atoms with Crippen LogP contribution >= 0.6 is 22.9 Å². The molecule has 2 rings (SSSR count). The first-order valence-electron chi connectivity index (χ1n) is 7.65. The molecule has 0 aliphatic carbocycles. The van der Waals surface area contributed by atoms with Crippen molar-refractivity contribution in [2.24, 2.45) is 0 Å². The number of aryl methyl sites for hydroxylation is 1. The van der Waals surface area contributed by atoms with Gasteiger partial charge in [0, 0.05) is 26.9 Å². The predicted octanol–water partition coefficient (Wildman–Crippen LogP) is 5.77. The zero-order valence-electron chi connectivity index (χ0n) is 13.0. The van der Waals surface area contributed by atoms with E-state index in [1.165, 1.54) is 21.7 Å². The highest BCUT2D eigenvalue weighted by Gasteiger charge is 2.14. The first-order chi connectivity index (χ1) is 10.1. The summed E-state index contributed by atoms with van der Waals surface area (Å²) in [5, 5.41) is 4.58. The van der Waals surface area contributed by atoms with E-state index in [2.05, 4.69) is 50.4 Å². The summed E-state index contributed by atoms with van der Waals surface area (Å²) >= 11 is 7.89. The number of halogens is 1. The molecule has 0 amide bonds. The van der Waals surface area contributed by atoms with E-state index in [1.807, 2.05) is 23.5 Å². The van der Waals surface area contributed by atoms with Crippen LogP contribution in [0, 0.1) is 6.92 Å². The van der Waals surface area contributed by atoms with Gasteiger partial charge in [0.25, 0.3) is 0 Å². The summed E-state index contributed by atoms with van der Waals surface area (Å²) in [7, 11) is 0. The minimum atomic E-state index is 0.406. The molecule has 21 heavy (non-hydrogen) atoms. The van der Waals surface area contributed by atoms with Crippen LogP contribution in [-0.4, -0.2) is 6.04 Å². The Morgan fingerprint density at radius 3 is 2.43 bits per heavy atom. The molecule has 0 radical (unpaired) electrons. The van der Waals surface area contributed by atoms with Crippen molar-refractivity contribution < 1.29 is 0 Å². The Balaban J connectivity index is 1.99.